The normalized spacial score (nSPS) is 10.3. The van der Waals surface area contributed by atoms with Gasteiger partial charge in [0.25, 0.3) is 17.3 Å². The Kier molecular flexibility index (Phi) is 6.01. The molecule has 2 aromatic rings. The van der Waals surface area contributed by atoms with Gasteiger partial charge in [0.1, 0.15) is 17.2 Å². The van der Waals surface area contributed by atoms with Gasteiger partial charge in [-0.1, -0.05) is 0 Å². The summed E-state index contributed by atoms with van der Waals surface area (Å²) in [5.41, 5.74) is -0.960. The summed E-state index contributed by atoms with van der Waals surface area (Å²) in [7, 11) is 0. The molecule has 142 valence electrons. The summed E-state index contributed by atoms with van der Waals surface area (Å²) in [4.78, 5) is 35.2. The molecular formula is C17H17FN4O5. The van der Waals surface area contributed by atoms with E-state index in [4.69, 9.17) is 0 Å². The zero-order chi connectivity index (χ0) is 20.1. The minimum Gasteiger partial charge on any atom is -0.366 e. The van der Waals surface area contributed by atoms with Gasteiger partial charge in [-0.2, -0.15) is 0 Å². The Morgan fingerprint density at radius 1 is 1.04 bits per heavy atom. The summed E-state index contributed by atoms with van der Waals surface area (Å²) in [5, 5.41) is 25.1. The van der Waals surface area contributed by atoms with E-state index >= 15 is 0 Å². The average Bonchev–Trinajstić information content (AvgIpc) is 2.62. The van der Waals surface area contributed by atoms with Crippen LogP contribution in [0.4, 0.5) is 27.1 Å². The van der Waals surface area contributed by atoms with E-state index in [1.807, 2.05) is 0 Å². The molecule has 0 heterocycles. The number of rotatable bonds is 7. The van der Waals surface area contributed by atoms with Gasteiger partial charge in [-0.3, -0.25) is 25.0 Å². The van der Waals surface area contributed by atoms with Crippen molar-refractivity contribution in [2.24, 2.45) is 0 Å². The van der Waals surface area contributed by atoms with Crippen molar-refractivity contribution in [3.63, 3.8) is 0 Å². The van der Waals surface area contributed by atoms with Crippen LogP contribution in [0.5, 0.6) is 0 Å². The number of halogens is 1. The topological polar surface area (TPSA) is 119 Å². The first-order valence-corrected chi connectivity index (χ1v) is 8.07. The van der Waals surface area contributed by atoms with Gasteiger partial charge < -0.3 is 10.2 Å². The summed E-state index contributed by atoms with van der Waals surface area (Å²) in [6.07, 6.45) is 0. The summed E-state index contributed by atoms with van der Waals surface area (Å²) < 4.78 is 13.0. The maximum absolute atomic E-state index is 13.0. The number of carbonyl (C=O) groups excluding carboxylic acids is 1. The number of amides is 1. The molecule has 0 saturated carbocycles. The third kappa shape index (κ3) is 4.35. The third-order valence-electron chi connectivity index (χ3n) is 3.95. The second-order valence-corrected chi connectivity index (χ2v) is 5.51. The van der Waals surface area contributed by atoms with E-state index in [0.29, 0.717) is 13.1 Å². The van der Waals surface area contributed by atoms with Gasteiger partial charge in [0, 0.05) is 18.7 Å². The second-order valence-electron chi connectivity index (χ2n) is 5.51. The fraction of sp³-hybridized carbons (Fsp3) is 0.235. The molecule has 0 spiro atoms. The smallest absolute Gasteiger partial charge is 0.299 e. The van der Waals surface area contributed by atoms with E-state index in [2.05, 4.69) is 5.32 Å². The highest BCUT2D eigenvalue weighted by molar-refractivity contribution is 6.06. The molecule has 2 rings (SSSR count). The molecule has 0 bridgehead atoms. The molecule has 0 atom stereocenters. The maximum atomic E-state index is 13.0. The van der Waals surface area contributed by atoms with Gasteiger partial charge in [0.05, 0.1) is 15.9 Å². The minimum atomic E-state index is -0.806. The Morgan fingerprint density at radius 2 is 1.59 bits per heavy atom. The number of hydrogen-bond donors (Lipinski definition) is 1. The molecular weight excluding hydrogens is 359 g/mol. The van der Waals surface area contributed by atoms with Crippen LogP contribution in [0.1, 0.15) is 24.2 Å². The summed E-state index contributed by atoms with van der Waals surface area (Å²) in [6.45, 7) is 4.43. The molecule has 9 nitrogen and oxygen atoms in total. The lowest BCUT2D eigenvalue weighted by molar-refractivity contribution is -0.393. The van der Waals surface area contributed by atoms with Crippen LogP contribution in [-0.2, 0) is 0 Å². The number of benzene rings is 2. The predicted octanol–water partition coefficient (Wildman–Crippen LogP) is 3.74. The van der Waals surface area contributed by atoms with Crippen molar-refractivity contribution < 1.29 is 19.0 Å². The maximum Gasteiger partial charge on any atom is 0.299 e. The van der Waals surface area contributed by atoms with E-state index in [1.54, 1.807) is 18.7 Å². The second kappa shape index (κ2) is 8.21. The van der Waals surface area contributed by atoms with E-state index < -0.39 is 32.9 Å². The van der Waals surface area contributed by atoms with Crippen molar-refractivity contribution in [1.82, 2.24) is 0 Å². The molecule has 0 aromatic heterocycles. The van der Waals surface area contributed by atoms with Crippen LogP contribution in [-0.4, -0.2) is 28.8 Å². The van der Waals surface area contributed by atoms with Gasteiger partial charge >= 0.3 is 0 Å². The molecule has 10 heteroatoms. The third-order valence-corrected chi connectivity index (χ3v) is 3.95. The van der Waals surface area contributed by atoms with E-state index in [0.717, 1.165) is 18.2 Å². The Hall–Kier alpha value is -3.56. The summed E-state index contributed by atoms with van der Waals surface area (Å²) >= 11 is 0. The fourth-order valence-corrected chi connectivity index (χ4v) is 2.58. The Bertz CT molecular complexity index is 882. The van der Waals surface area contributed by atoms with Crippen molar-refractivity contribution in [2.75, 3.05) is 23.3 Å². The van der Waals surface area contributed by atoms with E-state index in [-0.39, 0.29) is 16.9 Å². The van der Waals surface area contributed by atoms with Gasteiger partial charge in [-0.15, -0.1) is 0 Å². The highest BCUT2D eigenvalue weighted by atomic mass is 19.1. The van der Waals surface area contributed by atoms with Crippen molar-refractivity contribution in [2.45, 2.75) is 13.8 Å². The van der Waals surface area contributed by atoms with Crippen LogP contribution in [0.2, 0.25) is 0 Å². The van der Waals surface area contributed by atoms with Crippen molar-refractivity contribution in [3.05, 3.63) is 68.0 Å². The fourth-order valence-electron chi connectivity index (χ4n) is 2.58. The van der Waals surface area contributed by atoms with Crippen molar-refractivity contribution in [3.8, 4) is 0 Å². The Morgan fingerprint density at radius 3 is 2.07 bits per heavy atom. The monoisotopic (exact) mass is 376 g/mol. The molecule has 2 aromatic carbocycles. The van der Waals surface area contributed by atoms with Gasteiger partial charge in [-0.25, -0.2) is 4.39 Å². The molecule has 0 radical (unpaired) electrons. The summed E-state index contributed by atoms with van der Waals surface area (Å²) in [6, 6.07) is 6.67. The van der Waals surface area contributed by atoms with Gasteiger partial charge in [0.2, 0.25) is 0 Å². The number of hydrogen-bond acceptors (Lipinski definition) is 6. The van der Waals surface area contributed by atoms with Gasteiger partial charge in [0.15, 0.2) is 0 Å². The zero-order valence-electron chi connectivity index (χ0n) is 14.6. The quantitative estimate of drug-likeness (QED) is 0.581. The van der Waals surface area contributed by atoms with Crippen LogP contribution in [0.3, 0.4) is 0 Å². The van der Waals surface area contributed by atoms with Gasteiger partial charge in [-0.05, 0) is 44.2 Å². The molecule has 0 unspecified atom stereocenters. The lowest BCUT2D eigenvalue weighted by Crippen LogP contribution is -2.23. The number of nitro benzene ring substituents is 2. The SMILES string of the molecule is CCN(CC)c1cc(NC(=O)c2ccc(F)cc2)c([N+](=O)[O-])cc1[N+](=O)[O-]. The number of anilines is 2. The molecule has 1 amide bonds. The van der Waals surface area contributed by atoms with E-state index in [1.165, 1.54) is 18.2 Å². The molecule has 0 fully saturated rings. The number of nitrogens with one attached hydrogen (secondary N) is 1. The zero-order valence-corrected chi connectivity index (χ0v) is 14.6. The highest BCUT2D eigenvalue weighted by Gasteiger charge is 2.27. The largest absolute Gasteiger partial charge is 0.366 e. The predicted molar refractivity (Wildman–Crippen MR) is 97.7 cm³/mol. The highest BCUT2D eigenvalue weighted by Crippen LogP contribution is 2.38. The first kappa shape index (κ1) is 19.8. The van der Waals surface area contributed by atoms with Crippen LogP contribution in [0, 0.1) is 26.0 Å². The van der Waals surface area contributed by atoms with Crippen molar-refractivity contribution >= 4 is 28.7 Å². The first-order valence-electron chi connectivity index (χ1n) is 8.07. The Balaban J connectivity index is 2.54. The molecule has 1 N–H and O–H groups in total. The Labute approximate surface area is 153 Å². The van der Waals surface area contributed by atoms with Crippen LogP contribution in [0.15, 0.2) is 36.4 Å². The average molecular weight is 376 g/mol. The number of nitro groups is 2. The van der Waals surface area contributed by atoms with Crippen molar-refractivity contribution in [1.29, 1.82) is 0 Å². The van der Waals surface area contributed by atoms with Crippen LogP contribution >= 0.6 is 0 Å². The molecule has 0 aliphatic carbocycles. The van der Waals surface area contributed by atoms with Crippen LogP contribution < -0.4 is 10.2 Å². The standard InChI is InChI=1S/C17H17FN4O5/c1-3-20(4-2)15-9-13(14(21(24)25)10-16(15)22(26)27)19-17(23)11-5-7-12(18)8-6-11/h5-10H,3-4H2,1-2H3,(H,19,23). The molecule has 0 aliphatic rings. The van der Waals surface area contributed by atoms with E-state index in [9.17, 15) is 29.4 Å². The molecule has 0 saturated heterocycles. The molecule has 27 heavy (non-hydrogen) atoms. The van der Waals surface area contributed by atoms with Crippen LogP contribution in [0.25, 0.3) is 0 Å². The lowest BCUT2D eigenvalue weighted by Gasteiger charge is -2.21. The number of nitrogens with zero attached hydrogens (tertiary/aromatic N) is 3. The molecule has 0 aliphatic heterocycles. The number of carbonyl (C=O) groups is 1. The minimum absolute atomic E-state index is 0.0911. The first-order chi connectivity index (χ1) is 12.8. The lowest BCUT2D eigenvalue weighted by atomic mass is 10.1. The summed E-state index contributed by atoms with van der Waals surface area (Å²) in [5.74, 6) is -1.23.